The van der Waals surface area contributed by atoms with Gasteiger partial charge in [0.1, 0.15) is 5.82 Å². The average Bonchev–Trinajstić information content (AvgIpc) is 2.79. The number of anilines is 2. The fourth-order valence-corrected chi connectivity index (χ4v) is 5.04. The monoisotopic (exact) mass is 481 g/mol. The van der Waals surface area contributed by atoms with E-state index in [-0.39, 0.29) is 10.9 Å². The molecule has 6 nitrogen and oxygen atoms in total. The SMILES string of the molecule is Cc1ccc(CN2CCCN(c3cccc(NS(=O)(=O)c4ccc(C)c(F)c4)c3)C2=O)cc1C. The zero-order chi connectivity index (χ0) is 24.5. The van der Waals surface area contributed by atoms with Crippen LogP contribution in [0.1, 0.15) is 28.7 Å². The number of rotatable bonds is 6. The highest BCUT2D eigenvalue weighted by molar-refractivity contribution is 7.92. The van der Waals surface area contributed by atoms with Gasteiger partial charge in [0.15, 0.2) is 0 Å². The predicted octanol–water partition coefficient (Wildman–Crippen LogP) is 5.38. The molecule has 178 valence electrons. The maximum Gasteiger partial charge on any atom is 0.324 e. The molecule has 0 atom stereocenters. The molecule has 4 rings (SSSR count). The molecule has 0 saturated carbocycles. The normalized spacial score (nSPS) is 14.4. The Balaban J connectivity index is 1.52. The molecule has 0 radical (unpaired) electrons. The Morgan fingerprint density at radius 3 is 2.41 bits per heavy atom. The van der Waals surface area contributed by atoms with E-state index < -0.39 is 15.8 Å². The van der Waals surface area contributed by atoms with Crippen LogP contribution in [0.4, 0.5) is 20.6 Å². The number of hydrogen-bond acceptors (Lipinski definition) is 3. The van der Waals surface area contributed by atoms with Gasteiger partial charge < -0.3 is 4.90 Å². The first kappa shape index (κ1) is 23.8. The lowest BCUT2D eigenvalue weighted by molar-refractivity contribution is 0.192. The van der Waals surface area contributed by atoms with Crippen LogP contribution in [0.25, 0.3) is 0 Å². The summed E-state index contributed by atoms with van der Waals surface area (Å²) >= 11 is 0. The lowest BCUT2D eigenvalue weighted by Gasteiger charge is -2.36. The minimum atomic E-state index is -3.98. The Labute approximate surface area is 200 Å². The summed E-state index contributed by atoms with van der Waals surface area (Å²) in [7, 11) is -3.98. The van der Waals surface area contributed by atoms with Crippen molar-refractivity contribution in [2.75, 3.05) is 22.7 Å². The van der Waals surface area contributed by atoms with Gasteiger partial charge in [-0.15, -0.1) is 0 Å². The van der Waals surface area contributed by atoms with Gasteiger partial charge in [0, 0.05) is 25.3 Å². The van der Waals surface area contributed by atoms with Gasteiger partial charge >= 0.3 is 6.03 Å². The predicted molar refractivity (Wildman–Crippen MR) is 132 cm³/mol. The number of nitrogens with zero attached hydrogens (tertiary/aromatic N) is 2. The first-order valence-electron chi connectivity index (χ1n) is 11.2. The zero-order valence-electron chi connectivity index (χ0n) is 19.5. The number of nitrogens with one attached hydrogen (secondary N) is 1. The number of hydrogen-bond donors (Lipinski definition) is 1. The number of aryl methyl sites for hydroxylation is 3. The van der Waals surface area contributed by atoms with E-state index in [9.17, 15) is 17.6 Å². The number of carbonyl (C=O) groups excluding carboxylic acids is 1. The Bertz CT molecular complexity index is 1340. The van der Waals surface area contributed by atoms with Gasteiger partial charge in [0.25, 0.3) is 10.0 Å². The highest BCUT2D eigenvalue weighted by Gasteiger charge is 2.27. The molecule has 1 heterocycles. The summed E-state index contributed by atoms with van der Waals surface area (Å²) in [5.74, 6) is -0.584. The third-order valence-electron chi connectivity index (χ3n) is 6.12. The van der Waals surface area contributed by atoms with Gasteiger partial charge in [-0.05, 0) is 79.8 Å². The summed E-state index contributed by atoms with van der Waals surface area (Å²) < 4.78 is 41.9. The maximum absolute atomic E-state index is 13.9. The molecular formula is C26H28FN3O3S. The summed E-state index contributed by atoms with van der Waals surface area (Å²) in [6, 6.07) is 16.6. The van der Waals surface area contributed by atoms with Crippen LogP contribution in [0, 0.1) is 26.6 Å². The van der Waals surface area contributed by atoms with Crippen LogP contribution in [-0.2, 0) is 16.6 Å². The van der Waals surface area contributed by atoms with Crippen molar-refractivity contribution in [3.63, 3.8) is 0 Å². The van der Waals surface area contributed by atoms with E-state index in [2.05, 4.69) is 30.7 Å². The molecular weight excluding hydrogens is 453 g/mol. The Kier molecular flexibility index (Phi) is 6.61. The van der Waals surface area contributed by atoms with Crippen molar-refractivity contribution < 1.29 is 17.6 Å². The highest BCUT2D eigenvalue weighted by atomic mass is 32.2. The first-order valence-corrected chi connectivity index (χ1v) is 12.6. The molecule has 2 amide bonds. The molecule has 0 spiro atoms. The molecule has 1 N–H and O–H groups in total. The second kappa shape index (κ2) is 9.46. The smallest absolute Gasteiger partial charge is 0.320 e. The lowest BCUT2D eigenvalue weighted by Crippen LogP contribution is -2.49. The van der Waals surface area contributed by atoms with E-state index in [4.69, 9.17) is 0 Å². The van der Waals surface area contributed by atoms with Crippen molar-refractivity contribution in [3.05, 3.63) is 88.7 Å². The van der Waals surface area contributed by atoms with E-state index in [1.807, 2.05) is 6.07 Å². The third kappa shape index (κ3) is 5.07. The van der Waals surface area contributed by atoms with Gasteiger partial charge in [-0.25, -0.2) is 17.6 Å². The number of sulfonamides is 1. The van der Waals surface area contributed by atoms with Crippen molar-refractivity contribution in [1.82, 2.24) is 4.90 Å². The molecule has 1 aliphatic rings. The molecule has 0 unspecified atom stereocenters. The molecule has 1 aliphatic heterocycles. The number of carbonyl (C=O) groups is 1. The summed E-state index contributed by atoms with van der Waals surface area (Å²) in [5, 5.41) is 0. The fourth-order valence-electron chi connectivity index (χ4n) is 3.98. The van der Waals surface area contributed by atoms with Crippen molar-refractivity contribution in [3.8, 4) is 0 Å². The molecule has 3 aromatic rings. The number of benzene rings is 3. The molecule has 3 aromatic carbocycles. The van der Waals surface area contributed by atoms with Crippen LogP contribution >= 0.6 is 0 Å². The van der Waals surface area contributed by atoms with E-state index in [1.54, 1.807) is 41.0 Å². The van der Waals surface area contributed by atoms with E-state index >= 15 is 0 Å². The quantitative estimate of drug-likeness (QED) is 0.514. The van der Waals surface area contributed by atoms with E-state index in [1.165, 1.54) is 23.3 Å². The van der Waals surface area contributed by atoms with Crippen LogP contribution < -0.4 is 9.62 Å². The van der Waals surface area contributed by atoms with Crippen molar-refractivity contribution in [2.45, 2.75) is 38.6 Å². The number of halogens is 1. The van der Waals surface area contributed by atoms with Crippen LogP contribution in [0.5, 0.6) is 0 Å². The van der Waals surface area contributed by atoms with Crippen LogP contribution in [-0.4, -0.2) is 32.4 Å². The van der Waals surface area contributed by atoms with Crippen molar-refractivity contribution in [1.29, 1.82) is 0 Å². The Hall–Kier alpha value is -3.39. The molecule has 0 bridgehead atoms. The Morgan fingerprint density at radius 2 is 1.68 bits per heavy atom. The average molecular weight is 482 g/mol. The van der Waals surface area contributed by atoms with Crippen molar-refractivity contribution in [2.24, 2.45) is 0 Å². The van der Waals surface area contributed by atoms with Crippen LogP contribution in [0.15, 0.2) is 65.6 Å². The number of urea groups is 1. The van der Waals surface area contributed by atoms with E-state index in [0.29, 0.717) is 36.6 Å². The zero-order valence-corrected chi connectivity index (χ0v) is 20.3. The number of amides is 2. The summed E-state index contributed by atoms with van der Waals surface area (Å²) in [6.07, 6.45) is 0.801. The summed E-state index contributed by atoms with van der Waals surface area (Å²) in [6.45, 7) is 7.41. The summed E-state index contributed by atoms with van der Waals surface area (Å²) in [4.78, 5) is 16.5. The lowest BCUT2D eigenvalue weighted by atomic mass is 10.1. The molecule has 8 heteroatoms. The minimum Gasteiger partial charge on any atom is -0.320 e. The van der Waals surface area contributed by atoms with Crippen LogP contribution in [0.2, 0.25) is 0 Å². The van der Waals surface area contributed by atoms with Gasteiger partial charge in [0.2, 0.25) is 0 Å². The minimum absolute atomic E-state index is 0.120. The van der Waals surface area contributed by atoms with Crippen LogP contribution in [0.3, 0.4) is 0 Å². The van der Waals surface area contributed by atoms with Crippen molar-refractivity contribution >= 4 is 27.4 Å². The standard InChI is InChI=1S/C26H28FN3O3S/c1-18-8-10-21(14-20(18)3)17-29-12-5-13-30(26(29)31)23-7-4-6-22(15-23)28-34(32,33)24-11-9-19(2)25(27)16-24/h4,6-11,14-16,28H,5,12-13,17H2,1-3H3. The summed E-state index contributed by atoms with van der Waals surface area (Å²) in [5.41, 5.74) is 4.75. The Morgan fingerprint density at radius 1 is 0.912 bits per heavy atom. The molecule has 0 aromatic heterocycles. The largest absolute Gasteiger partial charge is 0.324 e. The highest BCUT2D eigenvalue weighted by Crippen LogP contribution is 2.26. The first-order chi connectivity index (χ1) is 16.1. The van der Waals surface area contributed by atoms with Gasteiger partial charge in [-0.2, -0.15) is 0 Å². The second-order valence-corrected chi connectivity index (χ2v) is 10.4. The molecule has 0 aliphatic carbocycles. The van der Waals surface area contributed by atoms with E-state index in [0.717, 1.165) is 18.1 Å². The second-order valence-electron chi connectivity index (χ2n) is 8.69. The fraction of sp³-hybridized carbons (Fsp3) is 0.269. The van der Waals surface area contributed by atoms with Gasteiger partial charge in [0.05, 0.1) is 10.6 Å². The molecule has 34 heavy (non-hydrogen) atoms. The van der Waals surface area contributed by atoms with Gasteiger partial charge in [-0.1, -0.05) is 30.3 Å². The van der Waals surface area contributed by atoms with Gasteiger partial charge in [-0.3, -0.25) is 9.62 Å². The third-order valence-corrected chi connectivity index (χ3v) is 7.50. The maximum atomic E-state index is 13.9. The molecule has 1 saturated heterocycles. The topological polar surface area (TPSA) is 69.7 Å². The molecule has 1 fully saturated rings.